The van der Waals surface area contributed by atoms with Gasteiger partial charge in [-0.1, -0.05) is 66.7 Å². The van der Waals surface area contributed by atoms with Crippen LogP contribution in [0.25, 0.3) is 11.4 Å². The number of hydrogen-bond acceptors (Lipinski definition) is 5. The first-order valence-electron chi connectivity index (χ1n) is 11.7. The second kappa shape index (κ2) is 10.3. The van der Waals surface area contributed by atoms with Crippen LogP contribution >= 0.6 is 0 Å². The Morgan fingerprint density at radius 2 is 1.35 bits per heavy atom. The van der Waals surface area contributed by atoms with E-state index in [1.54, 1.807) is 6.20 Å². The predicted molar refractivity (Wildman–Crippen MR) is 133 cm³/mol. The fourth-order valence-corrected chi connectivity index (χ4v) is 4.43. The van der Waals surface area contributed by atoms with Crippen molar-refractivity contribution in [1.29, 1.82) is 0 Å². The lowest BCUT2D eigenvalue weighted by Gasteiger charge is -2.36. The van der Waals surface area contributed by atoms with Gasteiger partial charge in [0.2, 0.25) is 5.91 Å². The van der Waals surface area contributed by atoms with E-state index < -0.39 is 0 Å². The van der Waals surface area contributed by atoms with Crippen LogP contribution in [0.15, 0.2) is 97.2 Å². The summed E-state index contributed by atoms with van der Waals surface area (Å²) in [6.07, 6.45) is 2.22. The number of pyridine rings is 1. The number of anilines is 1. The van der Waals surface area contributed by atoms with E-state index in [0.29, 0.717) is 19.5 Å². The summed E-state index contributed by atoms with van der Waals surface area (Å²) < 4.78 is 0. The van der Waals surface area contributed by atoms with Crippen molar-refractivity contribution in [3.8, 4) is 11.4 Å². The highest BCUT2D eigenvalue weighted by molar-refractivity contribution is 5.78. The SMILES string of the molecule is O=C(CC(c1ccccc1)c1ccccc1)N1CCN(c2ccc(-c3ccccn3)nn2)CC1. The van der Waals surface area contributed by atoms with Crippen molar-refractivity contribution < 1.29 is 4.79 Å². The smallest absolute Gasteiger partial charge is 0.223 e. The molecule has 34 heavy (non-hydrogen) atoms. The van der Waals surface area contributed by atoms with Gasteiger partial charge >= 0.3 is 0 Å². The fraction of sp³-hybridized carbons (Fsp3) is 0.214. The van der Waals surface area contributed by atoms with Crippen molar-refractivity contribution in [1.82, 2.24) is 20.1 Å². The Bertz CT molecular complexity index is 1150. The Kier molecular flexibility index (Phi) is 6.56. The van der Waals surface area contributed by atoms with Crippen molar-refractivity contribution in [3.05, 3.63) is 108 Å². The molecule has 0 radical (unpaired) electrons. The Morgan fingerprint density at radius 1 is 0.706 bits per heavy atom. The van der Waals surface area contributed by atoms with E-state index in [0.717, 1.165) is 30.3 Å². The molecule has 1 fully saturated rings. The van der Waals surface area contributed by atoms with E-state index in [-0.39, 0.29) is 11.8 Å². The molecule has 6 nitrogen and oxygen atoms in total. The molecule has 0 spiro atoms. The minimum atomic E-state index is 0.0536. The van der Waals surface area contributed by atoms with Crippen LogP contribution in [0.2, 0.25) is 0 Å². The average Bonchev–Trinajstić information content (AvgIpc) is 2.93. The molecule has 5 rings (SSSR count). The van der Waals surface area contributed by atoms with E-state index in [2.05, 4.69) is 44.3 Å². The fourth-order valence-electron chi connectivity index (χ4n) is 4.43. The molecule has 1 aliphatic rings. The zero-order valence-electron chi connectivity index (χ0n) is 19.0. The third kappa shape index (κ3) is 4.96. The monoisotopic (exact) mass is 449 g/mol. The lowest BCUT2D eigenvalue weighted by atomic mass is 9.88. The van der Waals surface area contributed by atoms with Crippen LogP contribution in [0.5, 0.6) is 0 Å². The molecule has 1 amide bonds. The van der Waals surface area contributed by atoms with Crippen LogP contribution in [0, 0.1) is 0 Å². The molecule has 6 heteroatoms. The van der Waals surface area contributed by atoms with Gasteiger partial charge in [-0.15, -0.1) is 10.2 Å². The number of piperazine rings is 1. The van der Waals surface area contributed by atoms with Gasteiger partial charge < -0.3 is 9.80 Å². The molecule has 4 aromatic rings. The van der Waals surface area contributed by atoms with Gasteiger partial charge in [-0.2, -0.15) is 0 Å². The van der Waals surface area contributed by atoms with Crippen molar-refractivity contribution in [2.45, 2.75) is 12.3 Å². The van der Waals surface area contributed by atoms with Gasteiger partial charge in [0.05, 0.1) is 5.69 Å². The maximum atomic E-state index is 13.3. The number of aromatic nitrogens is 3. The zero-order chi connectivity index (χ0) is 23.2. The van der Waals surface area contributed by atoms with Crippen molar-refractivity contribution >= 4 is 11.7 Å². The highest BCUT2D eigenvalue weighted by Gasteiger charge is 2.26. The van der Waals surface area contributed by atoms with Gasteiger partial charge in [0.15, 0.2) is 5.82 Å². The van der Waals surface area contributed by atoms with Crippen molar-refractivity contribution in [2.75, 3.05) is 31.1 Å². The molecule has 0 unspecified atom stereocenters. The lowest BCUT2D eigenvalue weighted by Crippen LogP contribution is -2.49. The molecule has 0 atom stereocenters. The van der Waals surface area contributed by atoms with E-state index in [4.69, 9.17) is 0 Å². The number of rotatable bonds is 6. The van der Waals surface area contributed by atoms with Crippen LogP contribution in [0.3, 0.4) is 0 Å². The highest BCUT2D eigenvalue weighted by Crippen LogP contribution is 2.29. The Hall–Kier alpha value is -4.06. The molecule has 0 aliphatic carbocycles. The largest absolute Gasteiger partial charge is 0.352 e. The number of nitrogens with zero attached hydrogens (tertiary/aromatic N) is 5. The molecular weight excluding hydrogens is 422 g/mol. The summed E-state index contributed by atoms with van der Waals surface area (Å²) in [5, 5.41) is 8.76. The van der Waals surface area contributed by atoms with Gasteiger partial charge in [-0.3, -0.25) is 9.78 Å². The topological polar surface area (TPSA) is 62.2 Å². The first-order valence-corrected chi connectivity index (χ1v) is 11.7. The molecule has 3 heterocycles. The van der Waals surface area contributed by atoms with Gasteiger partial charge in [0.1, 0.15) is 5.69 Å². The second-order valence-electron chi connectivity index (χ2n) is 8.44. The first kappa shape index (κ1) is 21.8. The second-order valence-corrected chi connectivity index (χ2v) is 8.44. The number of carbonyl (C=O) groups excluding carboxylic acids is 1. The summed E-state index contributed by atoms with van der Waals surface area (Å²) in [6.45, 7) is 2.84. The maximum absolute atomic E-state index is 13.3. The van der Waals surface area contributed by atoms with Gasteiger partial charge in [-0.25, -0.2) is 0 Å². The summed E-state index contributed by atoms with van der Waals surface area (Å²) in [6, 6.07) is 30.3. The summed E-state index contributed by atoms with van der Waals surface area (Å²) in [5.41, 5.74) is 3.90. The summed E-state index contributed by atoms with van der Waals surface area (Å²) in [4.78, 5) is 21.8. The van der Waals surface area contributed by atoms with E-state index in [1.165, 1.54) is 11.1 Å². The number of carbonyl (C=O) groups is 1. The number of benzene rings is 2. The minimum Gasteiger partial charge on any atom is -0.352 e. The third-order valence-corrected chi connectivity index (χ3v) is 6.32. The molecule has 0 bridgehead atoms. The van der Waals surface area contributed by atoms with Crippen LogP contribution in [-0.2, 0) is 4.79 Å². The molecular formula is C28H27N5O. The van der Waals surface area contributed by atoms with Crippen molar-refractivity contribution in [3.63, 3.8) is 0 Å². The van der Waals surface area contributed by atoms with Crippen LogP contribution in [0.4, 0.5) is 5.82 Å². The van der Waals surface area contributed by atoms with Crippen LogP contribution < -0.4 is 4.90 Å². The van der Waals surface area contributed by atoms with Crippen LogP contribution in [0.1, 0.15) is 23.5 Å². The first-order chi connectivity index (χ1) is 16.8. The molecule has 0 saturated carbocycles. The third-order valence-electron chi connectivity index (χ3n) is 6.32. The van der Waals surface area contributed by atoms with Crippen molar-refractivity contribution in [2.24, 2.45) is 0 Å². The molecule has 2 aromatic heterocycles. The zero-order valence-corrected chi connectivity index (χ0v) is 19.0. The Morgan fingerprint density at radius 3 is 1.91 bits per heavy atom. The molecule has 2 aromatic carbocycles. The standard InChI is InChI=1S/C28H27N5O/c34-28(21-24(22-9-3-1-4-10-22)23-11-5-2-6-12-23)33-19-17-32(18-20-33)27-15-14-26(30-31-27)25-13-7-8-16-29-25/h1-16,24H,17-21H2. The summed E-state index contributed by atoms with van der Waals surface area (Å²) in [5.74, 6) is 1.07. The maximum Gasteiger partial charge on any atom is 0.223 e. The molecule has 0 N–H and O–H groups in total. The molecule has 1 saturated heterocycles. The quantitative estimate of drug-likeness (QED) is 0.436. The highest BCUT2D eigenvalue weighted by atomic mass is 16.2. The Balaban J connectivity index is 1.22. The lowest BCUT2D eigenvalue weighted by molar-refractivity contribution is -0.131. The number of amides is 1. The van der Waals surface area contributed by atoms with Crippen LogP contribution in [-0.4, -0.2) is 52.2 Å². The summed E-state index contributed by atoms with van der Waals surface area (Å²) in [7, 11) is 0. The minimum absolute atomic E-state index is 0.0536. The number of hydrogen-bond donors (Lipinski definition) is 0. The van der Waals surface area contributed by atoms with Gasteiger partial charge in [0, 0.05) is 44.7 Å². The molecule has 170 valence electrons. The average molecular weight is 450 g/mol. The van der Waals surface area contributed by atoms with E-state index in [9.17, 15) is 4.79 Å². The van der Waals surface area contributed by atoms with Gasteiger partial charge in [-0.05, 0) is 35.4 Å². The summed E-state index contributed by atoms with van der Waals surface area (Å²) >= 11 is 0. The Labute approximate surface area is 199 Å². The van der Waals surface area contributed by atoms with E-state index >= 15 is 0 Å². The van der Waals surface area contributed by atoms with Gasteiger partial charge in [0.25, 0.3) is 0 Å². The molecule has 1 aliphatic heterocycles. The van der Waals surface area contributed by atoms with E-state index in [1.807, 2.05) is 71.6 Å². The predicted octanol–water partition coefficient (Wildman–Crippen LogP) is 4.41. The normalized spacial score (nSPS) is 13.8.